The Morgan fingerprint density at radius 3 is 2.37 bits per heavy atom. The van der Waals surface area contributed by atoms with Crippen molar-refractivity contribution in [2.24, 2.45) is 11.8 Å². The number of hydrogen-bond acceptors (Lipinski definition) is 6. The predicted octanol–water partition coefficient (Wildman–Crippen LogP) is 2.95. The Balaban J connectivity index is 1.77. The van der Waals surface area contributed by atoms with Gasteiger partial charge in [0.05, 0.1) is 19.0 Å². The van der Waals surface area contributed by atoms with Crippen LogP contribution in [0.1, 0.15) is 71.1 Å². The van der Waals surface area contributed by atoms with E-state index < -0.39 is 22.5 Å². The molecule has 0 aromatic rings. The number of ether oxygens (including phenoxy) is 1. The van der Waals surface area contributed by atoms with E-state index in [-0.39, 0.29) is 31.0 Å². The Labute approximate surface area is 177 Å². The average Bonchev–Trinajstić information content (AvgIpc) is 3.33. The molecule has 9 heteroatoms. The Kier molecular flexibility index (Phi) is 7.46. The van der Waals surface area contributed by atoms with Gasteiger partial charge >= 0.3 is 18.0 Å². The second-order valence-corrected chi connectivity index (χ2v) is 9.12. The molecule has 0 spiro atoms. The van der Waals surface area contributed by atoms with Gasteiger partial charge in [0.2, 0.25) is 6.41 Å². The highest BCUT2D eigenvalue weighted by molar-refractivity contribution is 5.93. The normalized spacial score (nSPS) is 27.9. The van der Waals surface area contributed by atoms with Gasteiger partial charge in [0.1, 0.15) is 12.1 Å². The predicted molar refractivity (Wildman–Crippen MR) is 106 cm³/mol. The van der Waals surface area contributed by atoms with E-state index in [2.05, 4.69) is 5.32 Å². The molecule has 1 saturated heterocycles. The summed E-state index contributed by atoms with van der Waals surface area (Å²) in [7, 11) is 0. The number of quaternary nitrogens is 1. The van der Waals surface area contributed by atoms with Crippen LogP contribution in [0.25, 0.3) is 0 Å². The standard InChI is InChI=1S/C21H33N3O6/c1-15-6-5-11-24(15,20(27)22-21(28)30-18-9-4-10-18)19(26)17(13-23(29)14-25)12-16-7-2-3-8-16/h14-18,29H,2-13H2,1H3/p+1/t15-,17-,24?/m1/s1. The Bertz CT molecular complexity index is 661. The maximum absolute atomic E-state index is 13.7. The number of hydrogen-bond donors (Lipinski definition) is 2. The molecule has 0 aromatic carbocycles. The summed E-state index contributed by atoms with van der Waals surface area (Å²) < 4.78 is 4.76. The molecule has 1 aliphatic heterocycles. The lowest BCUT2D eigenvalue weighted by molar-refractivity contribution is -0.786. The van der Waals surface area contributed by atoms with E-state index >= 15 is 0 Å². The fraction of sp³-hybridized carbons (Fsp3) is 0.810. The smallest absolute Gasteiger partial charge is 0.433 e. The molecule has 1 unspecified atom stereocenters. The number of nitrogens with one attached hydrogen (secondary N) is 1. The Morgan fingerprint density at radius 1 is 1.13 bits per heavy atom. The van der Waals surface area contributed by atoms with Crippen LogP contribution in [0.15, 0.2) is 0 Å². The van der Waals surface area contributed by atoms with Gasteiger partial charge < -0.3 is 4.74 Å². The fourth-order valence-electron chi connectivity index (χ4n) is 5.16. The first-order valence-electron chi connectivity index (χ1n) is 11.2. The van der Waals surface area contributed by atoms with Crippen LogP contribution >= 0.6 is 0 Å². The highest BCUT2D eigenvalue weighted by Crippen LogP contribution is 2.36. The summed E-state index contributed by atoms with van der Waals surface area (Å²) in [6, 6.07) is -0.954. The van der Waals surface area contributed by atoms with Gasteiger partial charge in [-0.05, 0) is 38.5 Å². The molecule has 3 aliphatic rings. The molecule has 0 aromatic heterocycles. The van der Waals surface area contributed by atoms with E-state index in [0.29, 0.717) is 36.8 Å². The van der Waals surface area contributed by atoms with Crippen LogP contribution in [0.4, 0.5) is 9.59 Å². The SMILES string of the molecule is C[C@@H]1CCC[N+]1(C(=O)NC(=O)OC1CCC1)C(=O)[C@H](CC1CCCC1)CN(O)C=O. The maximum atomic E-state index is 13.7. The second kappa shape index (κ2) is 9.87. The molecule has 3 fully saturated rings. The lowest BCUT2D eigenvalue weighted by Crippen LogP contribution is -2.65. The average molecular weight is 425 g/mol. The monoisotopic (exact) mass is 424 g/mol. The van der Waals surface area contributed by atoms with Gasteiger partial charge in [-0.3, -0.25) is 10.0 Å². The molecule has 1 heterocycles. The molecule has 30 heavy (non-hydrogen) atoms. The quantitative estimate of drug-likeness (QED) is 0.281. The van der Waals surface area contributed by atoms with Crippen molar-refractivity contribution in [3.63, 3.8) is 0 Å². The second-order valence-electron chi connectivity index (χ2n) is 9.12. The topological polar surface area (TPSA) is 113 Å². The van der Waals surface area contributed by atoms with Crippen molar-refractivity contribution in [1.29, 1.82) is 0 Å². The minimum Gasteiger partial charge on any atom is -0.446 e. The van der Waals surface area contributed by atoms with E-state index in [1.165, 1.54) is 0 Å². The molecule has 2 saturated carbocycles. The van der Waals surface area contributed by atoms with Gasteiger partial charge in [0.15, 0.2) is 0 Å². The lowest BCUT2D eigenvalue weighted by atomic mass is 9.91. The third kappa shape index (κ3) is 4.83. The van der Waals surface area contributed by atoms with Crippen LogP contribution in [-0.2, 0) is 14.3 Å². The summed E-state index contributed by atoms with van der Waals surface area (Å²) in [5.74, 6) is -0.664. The van der Waals surface area contributed by atoms with Gasteiger partial charge in [-0.1, -0.05) is 25.7 Å². The highest BCUT2D eigenvalue weighted by Gasteiger charge is 2.55. The van der Waals surface area contributed by atoms with Gasteiger partial charge in [-0.2, -0.15) is 4.48 Å². The fourth-order valence-corrected chi connectivity index (χ4v) is 5.16. The van der Waals surface area contributed by atoms with Crippen LogP contribution < -0.4 is 5.32 Å². The molecular weight excluding hydrogens is 390 g/mol. The maximum Gasteiger partial charge on any atom is 0.433 e. The number of carbonyl (C=O) groups is 4. The van der Waals surface area contributed by atoms with Gasteiger partial charge in [-0.15, -0.1) is 0 Å². The number of amides is 5. The first-order chi connectivity index (χ1) is 14.4. The number of imide groups is 2. The summed E-state index contributed by atoms with van der Waals surface area (Å²) in [4.78, 5) is 50.1. The zero-order valence-electron chi connectivity index (χ0n) is 17.8. The molecule has 168 valence electrons. The first-order valence-corrected chi connectivity index (χ1v) is 11.2. The van der Waals surface area contributed by atoms with Gasteiger partial charge in [0.25, 0.3) is 0 Å². The van der Waals surface area contributed by atoms with Crippen molar-refractivity contribution in [2.45, 2.75) is 83.3 Å². The van der Waals surface area contributed by atoms with Crippen molar-refractivity contribution < 1.29 is 33.6 Å². The summed E-state index contributed by atoms with van der Waals surface area (Å²) in [6.45, 7) is 1.99. The van der Waals surface area contributed by atoms with Crippen LogP contribution in [0.5, 0.6) is 0 Å². The third-order valence-corrected chi connectivity index (χ3v) is 7.15. The number of urea groups is 1. The minimum absolute atomic E-state index is 0.147. The van der Waals surface area contributed by atoms with E-state index in [1.807, 2.05) is 6.92 Å². The summed E-state index contributed by atoms with van der Waals surface area (Å²) in [6.07, 6.45) is 8.00. The van der Waals surface area contributed by atoms with Crippen LogP contribution in [-0.4, -0.2) is 64.4 Å². The molecule has 5 amide bonds. The number of carbonyl (C=O) groups excluding carboxylic acids is 4. The molecular formula is C21H34N3O6+. The van der Waals surface area contributed by atoms with Crippen molar-refractivity contribution in [3.8, 4) is 0 Å². The van der Waals surface area contributed by atoms with E-state index in [0.717, 1.165) is 44.9 Å². The number of likely N-dealkylation sites (tertiary alicyclic amines) is 1. The van der Waals surface area contributed by atoms with Gasteiger partial charge in [0, 0.05) is 12.8 Å². The van der Waals surface area contributed by atoms with Crippen LogP contribution in [0, 0.1) is 11.8 Å². The highest BCUT2D eigenvalue weighted by atomic mass is 16.6. The molecule has 3 atom stereocenters. The molecule has 9 nitrogen and oxygen atoms in total. The Hall–Kier alpha value is -2.00. The van der Waals surface area contributed by atoms with Crippen molar-refractivity contribution in [1.82, 2.24) is 10.4 Å². The first kappa shape index (κ1) is 22.7. The lowest BCUT2D eigenvalue weighted by Gasteiger charge is -2.36. The van der Waals surface area contributed by atoms with Crippen molar-refractivity contribution >= 4 is 24.4 Å². The number of rotatable bonds is 7. The van der Waals surface area contributed by atoms with Crippen molar-refractivity contribution in [2.75, 3.05) is 13.1 Å². The summed E-state index contributed by atoms with van der Waals surface area (Å²) in [5, 5.41) is 12.6. The van der Waals surface area contributed by atoms with Crippen LogP contribution in [0.2, 0.25) is 0 Å². The molecule has 3 rings (SSSR count). The van der Waals surface area contributed by atoms with Crippen molar-refractivity contribution in [3.05, 3.63) is 0 Å². The summed E-state index contributed by atoms with van der Waals surface area (Å²) in [5.41, 5.74) is 0. The van der Waals surface area contributed by atoms with E-state index in [4.69, 9.17) is 4.74 Å². The van der Waals surface area contributed by atoms with E-state index in [1.54, 1.807) is 0 Å². The number of nitrogens with zero attached hydrogens (tertiary/aromatic N) is 2. The minimum atomic E-state index is -0.807. The third-order valence-electron chi connectivity index (χ3n) is 7.15. The summed E-state index contributed by atoms with van der Waals surface area (Å²) >= 11 is 0. The zero-order chi connectivity index (χ0) is 21.7. The van der Waals surface area contributed by atoms with E-state index in [9.17, 15) is 24.4 Å². The Morgan fingerprint density at radius 2 is 1.83 bits per heavy atom. The molecule has 2 N–H and O–H groups in total. The van der Waals surface area contributed by atoms with Gasteiger partial charge in [-0.25, -0.2) is 24.8 Å². The molecule has 2 aliphatic carbocycles. The van der Waals surface area contributed by atoms with Crippen LogP contribution in [0.3, 0.4) is 0 Å². The largest absolute Gasteiger partial charge is 0.446 e. The zero-order valence-corrected chi connectivity index (χ0v) is 17.8. The molecule has 0 bridgehead atoms. The molecule has 0 radical (unpaired) electrons. The number of alkyl carbamates (subject to hydrolysis) is 1. The number of hydroxylamine groups is 2.